The first kappa shape index (κ1) is 21.8. The predicted molar refractivity (Wildman–Crippen MR) is 115 cm³/mol. The standard InChI is InChI=1S/C21H32N4O3S/c1-3-5-11-18(21(26)22-15-16(4-2)25-13-8-9-14-25)23-20-17-10-6-7-12-19(17)29(27,28)24-20/h6-7,10,12,16,18H,3-5,8-9,11,13-15H2,1-2H3,(H,22,26)(H,23,24). The Balaban J connectivity index is 1.74. The molecule has 0 spiro atoms. The summed E-state index contributed by atoms with van der Waals surface area (Å²) in [6.07, 6.45) is 5.82. The third-order valence-electron chi connectivity index (χ3n) is 5.72. The molecule has 2 atom stereocenters. The van der Waals surface area contributed by atoms with Gasteiger partial charge in [-0.1, -0.05) is 38.8 Å². The normalized spacial score (nSPS) is 21.5. The zero-order valence-corrected chi connectivity index (χ0v) is 18.2. The molecule has 0 bridgehead atoms. The Bertz CT molecular complexity index is 847. The van der Waals surface area contributed by atoms with E-state index >= 15 is 0 Å². The van der Waals surface area contributed by atoms with E-state index < -0.39 is 16.1 Å². The van der Waals surface area contributed by atoms with E-state index in [1.807, 2.05) is 0 Å². The molecule has 29 heavy (non-hydrogen) atoms. The molecule has 1 fully saturated rings. The van der Waals surface area contributed by atoms with Crippen LogP contribution in [0, 0.1) is 0 Å². The molecule has 2 unspecified atom stereocenters. The van der Waals surface area contributed by atoms with E-state index in [-0.39, 0.29) is 16.6 Å². The SMILES string of the molecule is CCCCC(N=C1NS(=O)(=O)c2ccccc21)C(=O)NCC(CC)N1CCCC1. The predicted octanol–water partition coefficient (Wildman–Crippen LogP) is 2.27. The molecule has 2 aliphatic heterocycles. The van der Waals surface area contributed by atoms with Crippen LogP contribution in [0.3, 0.4) is 0 Å². The number of amides is 1. The van der Waals surface area contributed by atoms with Gasteiger partial charge in [0, 0.05) is 18.2 Å². The zero-order chi connectivity index (χ0) is 20.9. The lowest BCUT2D eigenvalue weighted by Crippen LogP contribution is -2.45. The van der Waals surface area contributed by atoms with Crippen LogP contribution >= 0.6 is 0 Å². The van der Waals surface area contributed by atoms with E-state index in [1.165, 1.54) is 12.8 Å². The highest BCUT2D eigenvalue weighted by Gasteiger charge is 2.32. The van der Waals surface area contributed by atoms with Crippen LogP contribution in [0.15, 0.2) is 34.2 Å². The number of fused-ring (bicyclic) bond motifs is 1. The molecule has 1 saturated heterocycles. The fourth-order valence-corrected chi connectivity index (χ4v) is 5.25. The largest absolute Gasteiger partial charge is 0.353 e. The number of amidine groups is 1. The van der Waals surface area contributed by atoms with Gasteiger partial charge in [0.2, 0.25) is 5.91 Å². The summed E-state index contributed by atoms with van der Waals surface area (Å²) in [6.45, 7) is 7.00. The number of aliphatic imine (C=N–C) groups is 1. The molecule has 3 rings (SSSR count). The highest BCUT2D eigenvalue weighted by atomic mass is 32.2. The second-order valence-electron chi connectivity index (χ2n) is 7.79. The van der Waals surface area contributed by atoms with Crippen molar-refractivity contribution in [2.45, 2.75) is 69.4 Å². The van der Waals surface area contributed by atoms with Crippen molar-refractivity contribution in [3.05, 3.63) is 29.8 Å². The Morgan fingerprint density at radius 1 is 1.24 bits per heavy atom. The molecular weight excluding hydrogens is 388 g/mol. The molecule has 1 aromatic carbocycles. The molecule has 1 aromatic rings. The number of carbonyl (C=O) groups is 1. The number of likely N-dealkylation sites (tertiary alicyclic amines) is 1. The number of carbonyl (C=O) groups excluding carboxylic acids is 1. The topological polar surface area (TPSA) is 90.9 Å². The Hall–Kier alpha value is -1.93. The smallest absolute Gasteiger partial charge is 0.263 e. The van der Waals surface area contributed by atoms with E-state index in [1.54, 1.807) is 24.3 Å². The van der Waals surface area contributed by atoms with E-state index in [9.17, 15) is 13.2 Å². The second kappa shape index (κ2) is 9.71. The van der Waals surface area contributed by atoms with Gasteiger partial charge < -0.3 is 5.32 Å². The van der Waals surface area contributed by atoms with E-state index in [2.05, 4.69) is 33.8 Å². The molecule has 160 valence electrons. The minimum Gasteiger partial charge on any atom is -0.353 e. The van der Waals surface area contributed by atoms with Gasteiger partial charge in [-0.05, 0) is 50.9 Å². The summed E-state index contributed by atoms with van der Waals surface area (Å²) >= 11 is 0. The summed E-state index contributed by atoms with van der Waals surface area (Å²) in [7, 11) is -3.61. The summed E-state index contributed by atoms with van der Waals surface area (Å²) in [4.78, 5) is 20.1. The fourth-order valence-electron chi connectivity index (χ4n) is 4.01. The average molecular weight is 421 g/mol. The van der Waals surface area contributed by atoms with Crippen molar-refractivity contribution in [3.8, 4) is 0 Å². The lowest BCUT2D eigenvalue weighted by atomic mass is 10.1. The number of benzene rings is 1. The molecule has 7 nitrogen and oxygen atoms in total. The van der Waals surface area contributed by atoms with Gasteiger partial charge >= 0.3 is 0 Å². The molecule has 0 saturated carbocycles. The first-order valence-corrected chi connectivity index (χ1v) is 12.2. The third kappa shape index (κ3) is 5.17. The number of rotatable bonds is 9. The maximum Gasteiger partial charge on any atom is 0.263 e. The van der Waals surface area contributed by atoms with Gasteiger partial charge in [-0.3, -0.25) is 19.4 Å². The Morgan fingerprint density at radius 2 is 1.97 bits per heavy atom. The van der Waals surface area contributed by atoms with Crippen LogP contribution in [0.2, 0.25) is 0 Å². The molecule has 2 heterocycles. The van der Waals surface area contributed by atoms with Crippen LogP contribution in [0.25, 0.3) is 0 Å². The molecule has 1 amide bonds. The number of sulfonamides is 1. The Kier molecular flexibility index (Phi) is 7.29. The maximum absolute atomic E-state index is 12.9. The molecule has 0 aromatic heterocycles. The molecule has 0 aliphatic carbocycles. The zero-order valence-electron chi connectivity index (χ0n) is 17.4. The average Bonchev–Trinajstić information content (AvgIpc) is 3.33. The van der Waals surface area contributed by atoms with Crippen molar-refractivity contribution in [1.82, 2.24) is 14.9 Å². The van der Waals surface area contributed by atoms with E-state index in [4.69, 9.17) is 0 Å². The number of hydrogen-bond acceptors (Lipinski definition) is 5. The molecule has 2 N–H and O–H groups in total. The van der Waals surface area contributed by atoms with Crippen LogP contribution in [0.5, 0.6) is 0 Å². The lowest BCUT2D eigenvalue weighted by molar-refractivity contribution is -0.122. The van der Waals surface area contributed by atoms with Gasteiger partial charge in [-0.15, -0.1) is 0 Å². The van der Waals surface area contributed by atoms with Crippen LogP contribution in [-0.2, 0) is 14.8 Å². The monoisotopic (exact) mass is 420 g/mol. The second-order valence-corrected chi connectivity index (χ2v) is 9.44. The van der Waals surface area contributed by atoms with Gasteiger partial charge in [0.15, 0.2) is 0 Å². The van der Waals surface area contributed by atoms with Crippen LogP contribution in [0.4, 0.5) is 0 Å². The number of unbranched alkanes of at least 4 members (excludes halogenated alkanes) is 1. The van der Waals surface area contributed by atoms with E-state index in [0.29, 0.717) is 24.6 Å². The molecular formula is C21H32N4O3S. The molecule has 2 aliphatic rings. The van der Waals surface area contributed by atoms with Crippen molar-refractivity contribution in [2.24, 2.45) is 4.99 Å². The van der Waals surface area contributed by atoms with Gasteiger partial charge in [-0.2, -0.15) is 0 Å². The highest BCUT2D eigenvalue weighted by molar-refractivity contribution is 7.90. The summed E-state index contributed by atoms with van der Waals surface area (Å²) in [5.41, 5.74) is 0.533. The maximum atomic E-state index is 12.9. The minimum atomic E-state index is -3.61. The number of hydrogen-bond donors (Lipinski definition) is 2. The van der Waals surface area contributed by atoms with Crippen LogP contribution in [0.1, 0.15) is 57.9 Å². The summed E-state index contributed by atoms with van der Waals surface area (Å²) in [5.74, 6) is 0.135. The van der Waals surface area contributed by atoms with Gasteiger partial charge in [0.25, 0.3) is 10.0 Å². The lowest BCUT2D eigenvalue weighted by Gasteiger charge is -2.27. The van der Waals surface area contributed by atoms with Crippen molar-refractivity contribution in [1.29, 1.82) is 0 Å². The Morgan fingerprint density at radius 3 is 2.66 bits per heavy atom. The quantitative estimate of drug-likeness (QED) is 0.641. The third-order valence-corrected chi connectivity index (χ3v) is 7.12. The molecule has 0 radical (unpaired) electrons. The highest BCUT2D eigenvalue weighted by Crippen LogP contribution is 2.23. The van der Waals surface area contributed by atoms with Crippen molar-refractivity contribution < 1.29 is 13.2 Å². The fraction of sp³-hybridized carbons (Fsp3) is 0.619. The number of nitrogens with one attached hydrogen (secondary N) is 2. The van der Waals surface area contributed by atoms with Gasteiger partial charge in [0.1, 0.15) is 11.9 Å². The van der Waals surface area contributed by atoms with Crippen LogP contribution < -0.4 is 10.0 Å². The van der Waals surface area contributed by atoms with Crippen LogP contribution in [-0.4, -0.2) is 56.8 Å². The number of nitrogens with zero attached hydrogens (tertiary/aromatic N) is 2. The van der Waals surface area contributed by atoms with Crippen molar-refractivity contribution in [2.75, 3.05) is 19.6 Å². The van der Waals surface area contributed by atoms with Gasteiger partial charge in [-0.25, -0.2) is 8.42 Å². The van der Waals surface area contributed by atoms with Crippen molar-refractivity contribution >= 4 is 21.8 Å². The van der Waals surface area contributed by atoms with E-state index in [0.717, 1.165) is 32.4 Å². The summed E-state index contributed by atoms with van der Waals surface area (Å²) in [6, 6.07) is 6.48. The van der Waals surface area contributed by atoms with Gasteiger partial charge in [0.05, 0.1) is 4.90 Å². The summed E-state index contributed by atoms with van der Waals surface area (Å²) < 4.78 is 27.2. The molecule has 8 heteroatoms. The first-order valence-electron chi connectivity index (χ1n) is 10.7. The van der Waals surface area contributed by atoms with Crippen molar-refractivity contribution in [3.63, 3.8) is 0 Å². The minimum absolute atomic E-state index is 0.132. The summed E-state index contributed by atoms with van der Waals surface area (Å²) in [5, 5.41) is 3.07. The first-order chi connectivity index (χ1) is 14.0. The Labute approximate surface area is 174 Å².